The Morgan fingerprint density at radius 1 is 1.14 bits per heavy atom. The fourth-order valence-corrected chi connectivity index (χ4v) is 3.00. The maximum atomic E-state index is 12.0. The Morgan fingerprint density at radius 3 is 2.48 bits per heavy atom. The zero-order valence-electron chi connectivity index (χ0n) is 13.4. The van der Waals surface area contributed by atoms with E-state index >= 15 is 0 Å². The number of carbonyl (C=O) groups is 1. The SMILES string of the molecule is Cc1cc(C)c(NC(=O)NCCC2=CCCCC2)c(C)c1. The molecule has 0 heterocycles. The Bertz CT molecular complexity index is 523. The zero-order chi connectivity index (χ0) is 15.2. The summed E-state index contributed by atoms with van der Waals surface area (Å²) >= 11 is 0. The quantitative estimate of drug-likeness (QED) is 0.779. The van der Waals surface area contributed by atoms with Crippen LogP contribution in [0.2, 0.25) is 0 Å². The van der Waals surface area contributed by atoms with Crippen LogP contribution in [0.5, 0.6) is 0 Å². The highest BCUT2D eigenvalue weighted by Gasteiger charge is 2.08. The number of anilines is 1. The van der Waals surface area contributed by atoms with Crippen molar-refractivity contribution in [1.82, 2.24) is 5.32 Å². The van der Waals surface area contributed by atoms with Gasteiger partial charge in [-0.05, 0) is 64.0 Å². The molecule has 2 N–H and O–H groups in total. The van der Waals surface area contributed by atoms with Crippen molar-refractivity contribution in [2.75, 3.05) is 11.9 Å². The monoisotopic (exact) mass is 286 g/mol. The first-order valence-corrected chi connectivity index (χ1v) is 7.87. The van der Waals surface area contributed by atoms with E-state index in [1.165, 1.54) is 36.8 Å². The van der Waals surface area contributed by atoms with Gasteiger partial charge < -0.3 is 10.6 Å². The standard InChI is InChI=1S/C18H26N2O/c1-13-11-14(2)17(15(3)12-13)20-18(21)19-10-9-16-7-5-4-6-8-16/h7,11-12H,4-6,8-10H2,1-3H3,(H2,19,20,21). The Kier molecular flexibility index (Phi) is 5.43. The first-order valence-electron chi connectivity index (χ1n) is 7.87. The Labute approximate surface area is 127 Å². The molecule has 1 aromatic rings. The molecule has 21 heavy (non-hydrogen) atoms. The van der Waals surface area contributed by atoms with Crippen LogP contribution < -0.4 is 10.6 Å². The van der Waals surface area contributed by atoms with E-state index in [0.29, 0.717) is 6.54 Å². The van der Waals surface area contributed by atoms with Crippen molar-refractivity contribution in [3.05, 3.63) is 40.5 Å². The number of hydrogen-bond acceptors (Lipinski definition) is 1. The van der Waals surface area contributed by atoms with Crippen LogP contribution in [0.1, 0.15) is 48.8 Å². The smallest absolute Gasteiger partial charge is 0.319 e. The summed E-state index contributed by atoms with van der Waals surface area (Å²) in [5.74, 6) is 0. The van der Waals surface area contributed by atoms with Crippen LogP contribution in [-0.2, 0) is 0 Å². The molecule has 0 atom stereocenters. The van der Waals surface area contributed by atoms with Gasteiger partial charge in [-0.25, -0.2) is 4.79 Å². The van der Waals surface area contributed by atoms with E-state index in [9.17, 15) is 4.79 Å². The number of aryl methyl sites for hydroxylation is 3. The molecule has 0 aliphatic heterocycles. The van der Waals surface area contributed by atoms with E-state index in [1.54, 1.807) is 0 Å². The third-order valence-electron chi connectivity index (χ3n) is 4.03. The van der Waals surface area contributed by atoms with E-state index < -0.39 is 0 Å². The molecule has 0 saturated carbocycles. The highest BCUT2D eigenvalue weighted by molar-refractivity contribution is 5.91. The number of allylic oxidation sites excluding steroid dienone is 1. The zero-order valence-corrected chi connectivity index (χ0v) is 13.4. The Morgan fingerprint density at radius 2 is 1.86 bits per heavy atom. The van der Waals surface area contributed by atoms with Crippen LogP contribution in [0.4, 0.5) is 10.5 Å². The van der Waals surface area contributed by atoms with Gasteiger partial charge in [0, 0.05) is 12.2 Å². The van der Waals surface area contributed by atoms with Gasteiger partial charge in [-0.3, -0.25) is 0 Å². The number of hydrogen-bond donors (Lipinski definition) is 2. The molecule has 1 aliphatic rings. The lowest BCUT2D eigenvalue weighted by Crippen LogP contribution is -2.30. The predicted octanol–water partition coefficient (Wildman–Crippen LogP) is 4.62. The van der Waals surface area contributed by atoms with Gasteiger partial charge in [0.05, 0.1) is 0 Å². The average Bonchev–Trinajstić information content (AvgIpc) is 2.44. The van der Waals surface area contributed by atoms with Gasteiger partial charge >= 0.3 is 6.03 Å². The molecule has 114 valence electrons. The van der Waals surface area contributed by atoms with Crippen molar-refractivity contribution in [2.24, 2.45) is 0 Å². The number of rotatable bonds is 4. The van der Waals surface area contributed by atoms with Crippen LogP contribution in [0, 0.1) is 20.8 Å². The molecule has 0 unspecified atom stereocenters. The minimum absolute atomic E-state index is 0.110. The molecule has 0 fully saturated rings. The van der Waals surface area contributed by atoms with Crippen molar-refractivity contribution in [2.45, 2.75) is 52.9 Å². The second kappa shape index (κ2) is 7.30. The molecule has 2 rings (SSSR count). The third-order valence-corrected chi connectivity index (χ3v) is 4.03. The summed E-state index contributed by atoms with van der Waals surface area (Å²) in [6.45, 7) is 6.84. The van der Waals surface area contributed by atoms with Gasteiger partial charge in [0.2, 0.25) is 0 Å². The number of amides is 2. The average molecular weight is 286 g/mol. The summed E-state index contributed by atoms with van der Waals surface area (Å²) in [6.07, 6.45) is 8.29. The molecule has 0 saturated heterocycles. The molecule has 0 aromatic heterocycles. The van der Waals surface area contributed by atoms with Crippen molar-refractivity contribution in [1.29, 1.82) is 0 Å². The van der Waals surface area contributed by atoms with Gasteiger partial charge in [-0.1, -0.05) is 29.3 Å². The molecule has 0 spiro atoms. The van der Waals surface area contributed by atoms with Crippen LogP contribution in [0.25, 0.3) is 0 Å². The van der Waals surface area contributed by atoms with E-state index in [2.05, 4.69) is 35.8 Å². The fraction of sp³-hybridized carbons (Fsp3) is 0.500. The summed E-state index contributed by atoms with van der Waals surface area (Å²) in [4.78, 5) is 12.0. The predicted molar refractivity (Wildman–Crippen MR) is 88.8 cm³/mol. The van der Waals surface area contributed by atoms with Crippen LogP contribution in [0.3, 0.4) is 0 Å². The first-order chi connectivity index (χ1) is 10.1. The molecule has 2 amide bonds. The van der Waals surface area contributed by atoms with Crippen LogP contribution in [-0.4, -0.2) is 12.6 Å². The molecular formula is C18H26N2O. The van der Waals surface area contributed by atoms with Gasteiger partial charge in [-0.15, -0.1) is 0 Å². The summed E-state index contributed by atoms with van der Waals surface area (Å²) in [7, 11) is 0. The molecule has 0 radical (unpaired) electrons. The number of nitrogens with one attached hydrogen (secondary N) is 2. The minimum Gasteiger partial charge on any atom is -0.338 e. The lowest BCUT2D eigenvalue weighted by Gasteiger charge is -2.15. The molecular weight excluding hydrogens is 260 g/mol. The van der Waals surface area contributed by atoms with E-state index in [0.717, 1.165) is 23.2 Å². The van der Waals surface area contributed by atoms with Gasteiger partial charge in [0.15, 0.2) is 0 Å². The van der Waals surface area contributed by atoms with Crippen molar-refractivity contribution < 1.29 is 4.79 Å². The van der Waals surface area contributed by atoms with Crippen molar-refractivity contribution in [3.8, 4) is 0 Å². The van der Waals surface area contributed by atoms with Gasteiger partial charge in [-0.2, -0.15) is 0 Å². The summed E-state index contributed by atoms with van der Waals surface area (Å²) in [5.41, 5.74) is 5.86. The van der Waals surface area contributed by atoms with E-state index in [4.69, 9.17) is 0 Å². The number of benzene rings is 1. The molecule has 1 aromatic carbocycles. The molecule has 0 bridgehead atoms. The molecule has 3 nitrogen and oxygen atoms in total. The summed E-state index contributed by atoms with van der Waals surface area (Å²) in [6, 6.07) is 4.08. The van der Waals surface area contributed by atoms with Crippen molar-refractivity contribution in [3.63, 3.8) is 0 Å². The normalized spacial score (nSPS) is 14.5. The fourth-order valence-electron chi connectivity index (χ4n) is 3.00. The van der Waals surface area contributed by atoms with E-state index in [1.807, 2.05) is 13.8 Å². The maximum absolute atomic E-state index is 12.0. The number of carbonyl (C=O) groups excluding carboxylic acids is 1. The van der Waals surface area contributed by atoms with Gasteiger partial charge in [0.25, 0.3) is 0 Å². The maximum Gasteiger partial charge on any atom is 0.319 e. The van der Waals surface area contributed by atoms with Crippen LogP contribution >= 0.6 is 0 Å². The van der Waals surface area contributed by atoms with E-state index in [-0.39, 0.29) is 6.03 Å². The third kappa shape index (κ3) is 4.62. The molecule has 1 aliphatic carbocycles. The lowest BCUT2D eigenvalue weighted by molar-refractivity contribution is 0.252. The Balaban J connectivity index is 1.83. The van der Waals surface area contributed by atoms with Gasteiger partial charge in [0.1, 0.15) is 0 Å². The largest absolute Gasteiger partial charge is 0.338 e. The second-order valence-electron chi connectivity index (χ2n) is 6.01. The van der Waals surface area contributed by atoms with Crippen molar-refractivity contribution >= 4 is 11.7 Å². The highest BCUT2D eigenvalue weighted by Crippen LogP contribution is 2.22. The summed E-state index contributed by atoms with van der Waals surface area (Å²) < 4.78 is 0. The molecule has 3 heteroatoms. The minimum atomic E-state index is -0.110. The topological polar surface area (TPSA) is 41.1 Å². The van der Waals surface area contributed by atoms with Crippen LogP contribution in [0.15, 0.2) is 23.8 Å². The first kappa shape index (κ1) is 15.6. The lowest BCUT2D eigenvalue weighted by atomic mass is 9.97. The summed E-state index contributed by atoms with van der Waals surface area (Å²) in [5, 5.41) is 5.93. The second-order valence-corrected chi connectivity index (χ2v) is 6.01. The Hall–Kier alpha value is -1.77. The highest BCUT2D eigenvalue weighted by atomic mass is 16.2. The number of urea groups is 1.